The smallest absolute Gasteiger partial charge is 0.316 e. The van der Waals surface area contributed by atoms with Crippen molar-refractivity contribution >= 4 is 5.97 Å². The minimum Gasteiger partial charge on any atom is -0.371 e. The molecule has 0 unspecified atom stereocenters. The van der Waals surface area contributed by atoms with E-state index in [-0.39, 0.29) is 0 Å². The molecule has 0 N–H and O–H groups in total. The SMILES string of the molecule is CC#CC#CC#CC#CC#CC#CC#CC#CC#CC#COC(C)=O. The van der Waals surface area contributed by atoms with Gasteiger partial charge in [-0.1, -0.05) is 5.92 Å². The molecule has 0 aromatic rings. The Bertz CT molecular complexity index is 1140. The molecule has 0 aromatic heterocycles. The third kappa shape index (κ3) is 19.1. The Kier molecular flexibility index (Phi) is 13.7. The van der Waals surface area contributed by atoms with E-state index in [9.17, 15) is 4.79 Å². The Balaban J connectivity index is 4.36. The van der Waals surface area contributed by atoms with Gasteiger partial charge in [0.25, 0.3) is 0 Å². The first-order chi connectivity index (χ1) is 12.3. The van der Waals surface area contributed by atoms with Gasteiger partial charge in [0.15, 0.2) is 0 Å². The molecule has 0 aliphatic carbocycles. The van der Waals surface area contributed by atoms with Gasteiger partial charge >= 0.3 is 5.97 Å². The lowest BCUT2D eigenvalue weighted by atomic mass is 10.4. The highest BCUT2D eigenvalue weighted by Gasteiger charge is 1.81. The molecule has 0 spiro atoms. The van der Waals surface area contributed by atoms with E-state index in [1.807, 2.05) is 0 Å². The largest absolute Gasteiger partial charge is 0.371 e. The van der Waals surface area contributed by atoms with Gasteiger partial charge in [0.2, 0.25) is 0 Å². The van der Waals surface area contributed by atoms with Crippen molar-refractivity contribution in [1.29, 1.82) is 0 Å². The summed E-state index contributed by atoms with van der Waals surface area (Å²) in [5, 5.41) is 0. The van der Waals surface area contributed by atoms with Crippen LogP contribution in [0.1, 0.15) is 13.8 Å². The predicted octanol–water partition coefficient (Wildman–Crippen LogP) is 0.561. The molecule has 0 radical (unpaired) electrons. The standard InChI is InChI=1S/C23H6O2/c1-3-4-5-6-7-8-9-10-11-12-13-14-15-16-17-18-19-20-21-22-25-23(2)24/h1-2H3. The molecule has 2 heteroatoms. The Hall–Kier alpha value is -4.93. The highest BCUT2D eigenvalue weighted by atomic mass is 16.5. The zero-order chi connectivity index (χ0) is 18.4. The van der Waals surface area contributed by atoms with Crippen LogP contribution in [0.15, 0.2) is 0 Å². The number of carbonyl (C=O) groups excluding carboxylic acids is 1. The van der Waals surface area contributed by atoms with Gasteiger partial charge in [0, 0.05) is 66.1 Å². The number of carbonyl (C=O) groups is 1. The van der Waals surface area contributed by atoms with Crippen LogP contribution in [0.5, 0.6) is 0 Å². The fourth-order valence-electron chi connectivity index (χ4n) is 0.685. The average Bonchev–Trinajstić information content (AvgIpc) is 2.60. The van der Waals surface area contributed by atoms with Crippen LogP contribution in [0, 0.1) is 119 Å². The van der Waals surface area contributed by atoms with E-state index in [0.29, 0.717) is 0 Å². The molecule has 2 nitrogen and oxygen atoms in total. The van der Waals surface area contributed by atoms with Crippen molar-refractivity contribution < 1.29 is 9.53 Å². The molecule has 25 heavy (non-hydrogen) atoms. The topological polar surface area (TPSA) is 26.3 Å². The van der Waals surface area contributed by atoms with E-state index in [0.717, 1.165) is 0 Å². The zero-order valence-electron chi connectivity index (χ0n) is 13.3. The molecule has 0 rings (SSSR count). The van der Waals surface area contributed by atoms with Gasteiger partial charge < -0.3 is 4.74 Å². The van der Waals surface area contributed by atoms with Crippen LogP contribution in [0.4, 0.5) is 0 Å². The lowest BCUT2D eigenvalue weighted by Crippen LogP contribution is -1.89. The molecular formula is C23H6O2. The van der Waals surface area contributed by atoms with E-state index < -0.39 is 5.97 Å². The van der Waals surface area contributed by atoms with Crippen molar-refractivity contribution in [3.05, 3.63) is 0 Å². The fraction of sp³-hybridized carbons (Fsp3) is 0.0870. The summed E-state index contributed by atoms with van der Waals surface area (Å²) in [5.41, 5.74) is 0. The van der Waals surface area contributed by atoms with Crippen LogP contribution < -0.4 is 0 Å². The summed E-state index contributed by atoms with van der Waals surface area (Å²) in [6, 6.07) is 0. The molecule has 0 aromatic carbocycles. The summed E-state index contributed by atoms with van der Waals surface area (Å²) in [4.78, 5) is 10.4. The minimum absolute atomic E-state index is 0.501. The molecule has 0 bridgehead atoms. The Morgan fingerprint density at radius 1 is 0.520 bits per heavy atom. The average molecular weight is 314 g/mol. The third-order valence-electron chi connectivity index (χ3n) is 1.43. The van der Waals surface area contributed by atoms with Crippen molar-refractivity contribution in [2.75, 3.05) is 0 Å². The number of hydrogen-bond acceptors (Lipinski definition) is 2. The van der Waals surface area contributed by atoms with Crippen LogP contribution in [0.2, 0.25) is 0 Å². The van der Waals surface area contributed by atoms with E-state index >= 15 is 0 Å². The summed E-state index contributed by atoms with van der Waals surface area (Å²) in [5.74, 6) is 46.4. The van der Waals surface area contributed by atoms with Gasteiger partial charge in [-0.3, -0.25) is 4.79 Å². The van der Waals surface area contributed by atoms with Crippen molar-refractivity contribution in [3.8, 4) is 119 Å². The molecule has 0 aliphatic heterocycles. The first-order valence-corrected chi connectivity index (χ1v) is 6.36. The fourth-order valence-corrected chi connectivity index (χ4v) is 0.685. The summed E-state index contributed by atoms with van der Waals surface area (Å²) >= 11 is 0. The third-order valence-corrected chi connectivity index (χ3v) is 1.43. The number of esters is 1. The molecule has 0 saturated heterocycles. The van der Waals surface area contributed by atoms with Crippen LogP contribution in [0.25, 0.3) is 0 Å². The van der Waals surface area contributed by atoms with Crippen LogP contribution >= 0.6 is 0 Å². The van der Waals surface area contributed by atoms with Gasteiger partial charge in [0.1, 0.15) is 6.11 Å². The van der Waals surface area contributed by atoms with Crippen LogP contribution in [-0.2, 0) is 9.53 Å². The first kappa shape index (κ1) is 20.1. The quantitative estimate of drug-likeness (QED) is 0.482. The maximum atomic E-state index is 10.4. The van der Waals surface area contributed by atoms with Gasteiger partial charge in [0.05, 0.1) is 0 Å². The summed E-state index contributed by atoms with van der Waals surface area (Å²) < 4.78 is 4.34. The first-order valence-electron chi connectivity index (χ1n) is 6.36. The van der Waals surface area contributed by atoms with Crippen molar-refractivity contribution in [3.63, 3.8) is 0 Å². The zero-order valence-corrected chi connectivity index (χ0v) is 13.3. The Morgan fingerprint density at radius 3 is 1.08 bits per heavy atom. The van der Waals surface area contributed by atoms with Crippen LogP contribution in [-0.4, -0.2) is 5.97 Å². The van der Waals surface area contributed by atoms with E-state index in [1.165, 1.54) is 6.92 Å². The van der Waals surface area contributed by atoms with Gasteiger partial charge in [-0.25, -0.2) is 0 Å². The second kappa shape index (κ2) is 17.1. The van der Waals surface area contributed by atoms with Gasteiger partial charge in [-0.15, -0.1) is 0 Å². The normalized spacial score (nSPS) is 4.56. The number of rotatable bonds is 0. The highest BCUT2D eigenvalue weighted by molar-refractivity contribution is 5.67. The maximum Gasteiger partial charge on any atom is 0.316 e. The summed E-state index contributed by atoms with van der Waals surface area (Å²) in [6.45, 7) is 2.93. The minimum atomic E-state index is -0.501. The second-order valence-electron chi connectivity index (χ2n) is 3.20. The van der Waals surface area contributed by atoms with Crippen LogP contribution in [0.3, 0.4) is 0 Å². The maximum absolute atomic E-state index is 10.4. The van der Waals surface area contributed by atoms with Gasteiger partial charge in [-0.2, -0.15) is 0 Å². The van der Waals surface area contributed by atoms with Gasteiger partial charge in [-0.05, 0) is 54.3 Å². The Morgan fingerprint density at radius 2 is 0.800 bits per heavy atom. The molecule has 110 valence electrons. The molecular weight excluding hydrogens is 308 g/mol. The molecule has 0 saturated carbocycles. The van der Waals surface area contributed by atoms with Crippen molar-refractivity contribution in [2.24, 2.45) is 0 Å². The van der Waals surface area contributed by atoms with Crippen molar-refractivity contribution in [2.45, 2.75) is 13.8 Å². The van der Waals surface area contributed by atoms with E-state index in [1.54, 1.807) is 6.92 Å². The summed E-state index contributed by atoms with van der Waals surface area (Å²) in [7, 11) is 0. The highest BCUT2D eigenvalue weighted by Crippen LogP contribution is 1.68. The number of hydrogen-bond donors (Lipinski definition) is 0. The lowest BCUT2D eigenvalue weighted by molar-refractivity contribution is -0.134. The second-order valence-corrected chi connectivity index (χ2v) is 3.20. The summed E-state index contributed by atoms with van der Waals surface area (Å²) in [6.07, 6.45) is 2.09. The molecule has 0 heterocycles. The molecule has 0 fully saturated rings. The lowest BCUT2D eigenvalue weighted by Gasteiger charge is -1.79. The number of ether oxygens (including phenoxy) is 1. The van der Waals surface area contributed by atoms with Crippen molar-refractivity contribution in [1.82, 2.24) is 0 Å². The van der Waals surface area contributed by atoms with E-state index in [4.69, 9.17) is 0 Å². The molecule has 0 amide bonds. The van der Waals surface area contributed by atoms with E-state index in [2.05, 4.69) is 123 Å². The monoisotopic (exact) mass is 314 g/mol. The molecule has 0 aliphatic rings. The predicted molar refractivity (Wildman–Crippen MR) is 95.2 cm³/mol. The Labute approximate surface area is 148 Å². The molecule has 0 atom stereocenters.